The van der Waals surface area contributed by atoms with Crippen molar-refractivity contribution in [2.75, 3.05) is 0 Å². The minimum absolute atomic E-state index is 0.227. The summed E-state index contributed by atoms with van der Waals surface area (Å²) in [6, 6.07) is 2.67. The summed E-state index contributed by atoms with van der Waals surface area (Å²) in [5.41, 5.74) is -1.13. The van der Waals surface area contributed by atoms with Gasteiger partial charge in [-0.2, -0.15) is 18.2 Å². The fraction of sp³-hybridized carbons (Fsp3) is 0.474. The van der Waals surface area contributed by atoms with Crippen molar-refractivity contribution >= 4 is 17.2 Å². The maximum atomic E-state index is 14.3. The van der Waals surface area contributed by atoms with E-state index in [1.54, 1.807) is 0 Å². The van der Waals surface area contributed by atoms with Gasteiger partial charge in [-0.15, -0.1) is 11.3 Å². The fourth-order valence-electron chi connectivity index (χ4n) is 2.96. The summed E-state index contributed by atoms with van der Waals surface area (Å²) in [4.78, 5) is 17.9. The Balaban J connectivity index is 2.07. The number of hydrogen-bond donors (Lipinski definition) is 0. The van der Waals surface area contributed by atoms with Crippen LogP contribution < -0.4 is 4.80 Å². The van der Waals surface area contributed by atoms with Crippen molar-refractivity contribution in [2.45, 2.75) is 52.3 Å². The zero-order chi connectivity index (χ0) is 19.9. The smallest absolute Gasteiger partial charge is 0.320 e. The van der Waals surface area contributed by atoms with E-state index in [1.165, 1.54) is 11.3 Å². The summed E-state index contributed by atoms with van der Waals surface area (Å²) in [6.07, 6.45) is -2.65. The molecule has 1 fully saturated rings. The third kappa shape index (κ3) is 4.15. The van der Waals surface area contributed by atoms with Crippen LogP contribution in [0.1, 0.15) is 59.1 Å². The molecule has 1 amide bonds. The van der Waals surface area contributed by atoms with Crippen LogP contribution in [0.2, 0.25) is 0 Å². The molecule has 1 aromatic carbocycles. The van der Waals surface area contributed by atoms with Crippen molar-refractivity contribution in [1.82, 2.24) is 4.57 Å². The van der Waals surface area contributed by atoms with Crippen LogP contribution in [-0.4, -0.2) is 10.5 Å². The zero-order valence-corrected chi connectivity index (χ0v) is 16.0. The van der Waals surface area contributed by atoms with Crippen LogP contribution in [0.15, 0.2) is 23.2 Å². The second-order valence-corrected chi connectivity index (χ2v) is 8.13. The Hall–Kier alpha value is -1.96. The fourth-order valence-corrected chi connectivity index (χ4v) is 4.10. The lowest BCUT2D eigenvalue weighted by Gasteiger charge is -2.09. The lowest BCUT2D eigenvalue weighted by Crippen LogP contribution is -2.20. The van der Waals surface area contributed by atoms with Crippen LogP contribution in [0.25, 0.3) is 0 Å². The van der Waals surface area contributed by atoms with Gasteiger partial charge in [0.05, 0.1) is 11.1 Å². The first-order chi connectivity index (χ1) is 12.6. The van der Waals surface area contributed by atoms with Crippen molar-refractivity contribution in [2.24, 2.45) is 10.9 Å². The maximum Gasteiger partial charge on any atom is 0.419 e. The van der Waals surface area contributed by atoms with Gasteiger partial charge in [-0.05, 0) is 43.7 Å². The number of hydrogen-bond acceptors (Lipinski definition) is 2. The molecule has 0 atom stereocenters. The third-order valence-electron chi connectivity index (χ3n) is 4.59. The largest absolute Gasteiger partial charge is 0.419 e. The molecule has 0 spiro atoms. The molecule has 1 aromatic heterocycles. The summed E-state index contributed by atoms with van der Waals surface area (Å²) < 4.78 is 54.9. The molecule has 0 saturated heterocycles. The standard InChI is InChI=1S/C19H20F4N2OS/c1-10(2)16-11(3)25(9-12-7-8-12)18(27-16)24-17(26)13-5-4-6-14(15(13)20)19(21,22)23/h4-6,10,12H,7-9H2,1-3H3/b24-18-. The molecule has 3 nitrogen and oxygen atoms in total. The highest BCUT2D eigenvalue weighted by Gasteiger charge is 2.35. The Bertz CT molecular complexity index is 936. The van der Waals surface area contributed by atoms with E-state index in [0.29, 0.717) is 23.3 Å². The van der Waals surface area contributed by atoms with E-state index < -0.39 is 29.0 Å². The summed E-state index contributed by atoms with van der Waals surface area (Å²) in [5.74, 6) is -1.83. The molecule has 1 aliphatic rings. The highest BCUT2D eigenvalue weighted by molar-refractivity contribution is 7.09. The monoisotopic (exact) mass is 400 g/mol. The number of benzene rings is 1. The van der Waals surface area contributed by atoms with Crippen molar-refractivity contribution in [3.05, 3.63) is 50.5 Å². The number of halogens is 4. The van der Waals surface area contributed by atoms with Crippen LogP contribution in [0.4, 0.5) is 17.6 Å². The van der Waals surface area contributed by atoms with E-state index in [4.69, 9.17) is 0 Å². The maximum absolute atomic E-state index is 14.3. The van der Waals surface area contributed by atoms with Crippen molar-refractivity contribution in [3.63, 3.8) is 0 Å². The van der Waals surface area contributed by atoms with Gasteiger partial charge < -0.3 is 4.57 Å². The third-order valence-corrected chi connectivity index (χ3v) is 6.07. The second kappa shape index (κ2) is 7.22. The van der Waals surface area contributed by atoms with Gasteiger partial charge in [-0.3, -0.25) is 4.79 Å². The van der Waals surface area contributed by atoms with Gasteiger partial charge in [-0.25, -0.2) is 4.39 Å². The first kappa shape index (κ1) is 19.8. The average Bonchev–Trinajstić information content (AvgIpc) is 3.33. The van der Waals surface area contributed by atoms with E-state index in [9.17, 15) is 22.4 Å². The number of carbonyl (C=O) groups is 1. The zero-order valence-electron chi connectivity index (χ0n) is 15.2. The van der Waals surface area contributed by atoms with Gasteiger partial charge in [0.2, 0.25) is 0 Å². The molecule has 0 aliphatic heterocycles. The molecular formula is C19H20F4N2OS. The number of carbonyl (C=O) groups excluding carboxylic acids is 1. The van der Waals surface area contributed by atoms with Crippen LogP contribution in [0.5, 0.6) is 0 Å². The molecule has 3 rings (SSSR count). The van der Waals surface area contributed by atoms with Gasteiger partial charge >= 0.3 is 6.18 Å². The lowest BCUT2D eigenvalue weighted by molar-refractivity contribution is -0.140. The average molecular weight is 400 g/mol. The van der Waals surface area contributed by atoms with Gasteiger partial charge in [0.1, 0.15) is 5.82 Å². The first-order valence-corrected chi connectivity index (χ1v) is 9.56. The van der Waals surface area contributed by atoms with Crippen molar-refractivity contribution in [3.8, 4) is 0 Å². The van der Waals surface area contributed by atoms with Crippen LogP contribution >= 0.6 is 11.3 Å². The van der Waals surface area contributed by atoms with Crippen LogP contribution in [0, 0.1) is 18.7 Å². The molecule has 2 aromatic rings. The number of amides is 1. The molecular weight excluding hydrogens is 380 g/mol. The van der Waals surface area contributed by atoms with Crippen molar-refractivity contribution in [1.29, 1.82) is 0 Å². The van der Waals surface area contributed by atoms with E-state index >= 15 is 0 Å². The molecule has 1 saturated carbocycles. The molecule has 27 heavy (non-hydrogen) atoms. The minimum atomic E-state index is -4.86. The quantitative estimate of drug-likeness (QED) is 0.642. The van der Waals surface area contributed by atoms with E-state index in [0.717, 1.165) is 35.5 Å². The summed E-state index contributed by atoms with van der Waals surface area (Å²) in [6.45, 7) is 6.71. The predicted molar refractivity (Wildman–Crippen MR) is 95.2 cm³/mol. The molecule has 8 heteroatoms. The summed E-state index contributed by atoms with van der Waals surface area (Å²) in [5, 5.41) is 0. The second-order valence-electron chi connectivity index (χ2n) is 7.12. The van der Waals surface area contributed by atoms with E-state index in [1.807, 2.05) is 25.3 Å². The number of alkyl halides is 3. The Labute approximate surface area is 158 Å². The molecule has 0 bridgehead atoms. The first-order valence-electron chi connectivity index (χ1n) is 8.74. The molecule has 0 unspecified atom stereocenters. The molecule has 0 radical (unpaired) electrons. The van der Waals surface area contributed by atoms with Gasteiger partial charge in [0, 0.05) is 17.1 Å². The summed E-state index contributed by atoms with van der Waals surface area (Å²) in [7, 11) is 0. The molecule has 0 N–H and O–H groups in total. The van der Waals surface area contributed by atoms with Crippen LogP contribution in [0.3, 0.4) is 0 Å². The van der Waals surface area contributed by atoms with Gasteiger partial charge in [0.25, 0.3) is 5.91 Å². The molecule has 1 aliphatic carbocycles. The molecule has 1 heterocycles. The SMILES string of the molecule is Cc1c(C(C)C)s/c(=N\C(=O)c2cccc(C(F)(F)F)c2F)n1CC1CC1. The predicted octanol–water partition coefficient (Wildman–Crippen LogP) is 5.29. The number of thiazole rings is 1. The van der Waals surface area contributed by atoms with Gasteiger partial charge in [0.15, 0.2) is 4.80 Å². The van der Waals surface area contributed by atoms with Crippen molar-refractivity contribution < 1.29 is 22.4 Å². The number of nitrogens with zero attached hydrogens (tertiary/aromatic N) is 2. The Morgan fingerprint density at radius 2 is 2.00 bits per heavy atom. The number of aromatic nitrogens is 1. The van der Waals surface area contributed by atoms with Gasteiger partial charge in [-0.1, -0.05) is 19.9 Å². The lowest BCUT2D eigenvalue weighted by atomic mass is 10.1. The Kier molecular flexibility index (Phi) is 5.29. The highest BCUT2D eigenvalue weighted by atomic mass is 32.1. The van der Waals surface area contributed by atoms with E-state index in [2.05, 4.69) is 4.99 Å². The number of rotatable bonds is 4. The van der Waals surface area contributed by atoms with Crippen LogP contribution in [-0.2, 0) is 12.7 Å². The highest BCUT2D eigenvalue weighted by Crippen LogP contribution is 2.33. The topological polar surface area (TPSA) is 34.4 Å². The summed E-state index contributed by atoms with van der Waals surface area (Å²) >= 11 is 1.33. The van der Waals surface area contributed by atoms with E-state index in [-0.39, 0.29) is 5.92 Å². The normalized spacial score (nSPS) is 15.6. The Morgan fingerprint density at radius 1 is 1.33 bits per heavy atom. The molecule has 146 valence electrons. The Morgan fingerprint density at radius 3 is 2.56 bits per heavy atom. The minimum Gasteiger partial charge on any atom is -0.320 e.